The highest BCUT2D eigenvalue weighted by molar-refractivity contribution is 5.23. The summed E-state index contributed by atoms with van der Waals surface area (Å²) in [4.78, 5) is 2.58. The molecule has 0 unspecified atom stereocenters. The molecule has 0 aliphatic heterocycles. The molecule has 0 spiro atoms. The molecule has 0 aromatic carbocycles. The van der Waals surface area contributed by atoms with E-state index in [9.17, 15) is 0 Å². The van der Waals surface area contributed by atoms with Crippen molar-refractivity contribution < 1.29 is 5.11 Å². The van der Waals surface area contributed by atoms with E-state index in [2.05, 4.69) is 18.8 Å². The Morgan fingerprint density at radius 3 is 2.44 bits per heavy atom. The second kappa shape index (κ2) is 3.90. The summed E-state index contributed by atoms with van der Waals surface area (Å²) in [5.41, 5.74) is 0. The first-order chi connectivity index (χ1) is 4.16. The van der Waals surface area contributed by atoms with Gasteiger partial charge >= 0.3 is 6.20 Å². The van der Waals surface area contributed by atoms with Crippen molar-refractivity contribution in [1.29, 1.82) is 5.39 Å². The van der Waals surface area contributed by atoms with E-state index in [1.807, 2.05) is 0 Å². The van der Waals surface area contributed by atoms with Gasteiger partial charge in [-0.05, 0) is 19.8 Å². The molecule has 0 aliphatic carbocycles. The van der Waals surface area contributed by atoms with Crippen LogP contribution in [0.2, 0.25) is 0 Å². The summed E-state index contributed by atoms with van der Waals surface area (Å²) >= 11 is 0. The third-order valence-corrected chi connectivity index (χ3v) is 0.542. The molecule has 9 heavy (non-hydrogen) atoms. The lowest BCUT2D eigenvalue weighted by molar-refractivity contribution is 0.421. The third-order valence-electron chi connectivity index (χ3n) is 0.542. The number of aliphatic hydroxyl groups is 1. The van der Waals surface area contributed by atoms with Gasteiger partial charge in [-0.25, -0.2) is 0 Å². The zero-order valence-corrected chi connectivity index (χ0v) is 4.91. The van der Waals surface area contributed by atoms with Crippen LogP contribution < -0.4 is 0 Å². The van der Waals surface area contributed by atoms with Crippen molar-refractivity contribution >= 4 is 0 Å². The highest BCUT2D eigenvalue weighted by atomic mass is 16.3. The van der Waals surface area contributed by atoms with Crippen molar-refractivity contribution in [3.8, 4) is 0 Å². The van der Waals surface area contributed by atoms with E-state index in [1.54, 1.807) is 0 Å². The number of allylic oxidation sites excluding steroid dienone is 1. The van der Waals surface area contributed by atoms with Crippen molar-refractivity contribution in [3.63, 3.8) is 0 Å². The Morgan fingerprint density at radius 1 is 1.56 bits per heavy atom. The van der Waals surface area contributed by atoms with Crippen LogP contribution in [0.4, 0.5) is 0 Å². The molecular weight excluding hydrogens is 116 g/mol. The van der Waals surface area contributed by atoms with Crippen molar-refractivity contribution in [1.82, 2.24) is 0 Å². The van der Waals surface area contributed by atoms with Crippen LogP contribution in [0.1, 0.15) is 0 Å². The summed E-state index contributed by atoms with van der Waals surface area (Å²) in [7, 11) is 0. The minimum absolute atomic E-state index is 0.169. The van der Waals surface area contributed by atoms with Crippen LogP contribution in [0.5, 0.6) is 0 Å². The van der Waals surface area contributed by atoms with E-state index in [-0.39, 0.29) is 5.76 Å². The van der Waals surface area contributed by atoms with Gasteiger partial charge in [0.2, 0.25) is 5.39 Å². The maximum absolute atomic E-state index is 8.67. The molecule has 0 aromatic heterocycles. The summed E-state index contributed by atoms with van der Waals surface area (Å²) in [6.45, 7) is 6.77. The fourth-order valence-corrected chi connectivity index (χ4v) is 0.306. The van der Waals surface area contributed by atoms with Crippen molar-refractivity contribution in [2.75, 3.05) is 0 Å². The van der Waals surface area contributed by atoms with E-state index in [0.29, 0.717) is 5.92 Å². The Bertz CT molecular complexity index is 144. The standard InChI is InChI=1S/C6H6N2O/c1-5(2)3-6(9)4-8-7/h3-4H,1-2H2/p+1/b6-4-. The predicted octanol–water partition coefficient (Wildman–Crippen LogP) is 1.69. The van der Waals surface area contributed by atoms with Gasteiger partial charge in [0.1, 0.15) is 0 Å². The number of aliphatic hydroxyl groups excluding tert-OH is 1. The molecule has 0 fully saturated rings. The zero-order chi connectivity index (χ0) is 7.28. The van der Waals surface area contributed by atoms with Gasteiger partial charge in [-0.2, -0.15) is 0 Å². The summed E-state index contributed by atoms with van der Waals surface area (Å²) in [5, 5.41) is 16.5. The molecule has 0 bridgehead atoms. The first-order valence-corrected chi connectivity index (χ1v) is 2.25. The quantitative estimate of drug-likeness (QED) is 0.448. The van der Waals surface area contributed by atoms with Gasteiger partial charge in [-0.3, -0.25) is 0 Å². The molecule has 46 valence electrons. The maximum atomic E-state index is 8.67. The average Bonchev–Trinajstić information content (AvgIpc) is 1.63. The lowest BCUT2D eigenvalue weighted by Crippen LogP contribution is -1.89. The van der Waals surface area contributed by atoms with Crippen LogP contribution in [-0.2, 0) is 0 Å². The molecule has 1 N–H and O–H groups in total. The zero-order valence-electron chi connectivity index (χ0n) is 4.91. The smallest absolute Gasteiger partial charge is 0.387 e. The Hall–Kier alpha value is -1.04. The molecule has 0 atom stereocenters. The molecule has 4 radical (unpaired) electrons. The van der Waals surface area contributed by atoms with Crippen LogP contribution >= 0.6 is 0 Å². The first kappa shape index (κ1) is 7.96. The third kappa shape index (κ3) is 4.82. The monoisotopic (exact) mass is 123 g/mol. The number of diazo groups is 1. The SMILES string of the molecule is [CH2][C]([CH2])[CH]/C(O)=C/[N+]#N. The van der Waals surface area contributed by atoms with Crippen molar-refractivity contribution in [2.24, 2.45) is 0 Å². The van der Waals surface area contributed by atoms with E-state index < -0.39 is 0 Å². The summed E-state index contributed by atoms with van der Waals surface area (Å²) in [6.07, 6.45) is 2.16. The lowest BCUT2D eigenvalue weighted by atomic mass is 10.1. The van der Waals surface area contributed by atoms with Crippen LogP contribution in [0.3, 0.4) is 0 Å². The fraction of sp³-hybridized carbons (Fsp3) is 0. The van der Waals surface area contributed by atoms with E-state index in [1.165, 1.54) is 6.42 Å². The van der Waals surface area contributed by atoms with Crippen molar-refractivity contribution in [2.45, 2.75) is 0 Å². The summed E-state index contributed by atoms with van der Waals surface area (Å²) in [6, 6.07) is 0. The minimum Gasteiger partial charge on any atom is -0.505 e. The lowest BCUT2D eigenvalue weighted by Gasteiger charge is -1.95. The number of hydrogen-bond acceptors (Lipinski definition) is 2. The Balaban J connectivity index is 3.66. The summed E-state index contributed by atoms with van der Waals surface area (Å²) < 4.78 is 0. The van der Waals surface area contributed by atoms with Gasteiger partial charge in [-0.1, -0.05) is 0 Å². The van der Waals surface area contributed by atoms with E-state index in [0.717, 1.165) is 6.20 Å². The van der Waals surface area contributed by atoms with Crippen LogP contribution in [0, 0.1) is 31.6 Å². The van der Waals surface area contributed by atoms with Crippen molar-refractivity contribution in [3.05, 3.63) is 43.1 Å². The van der Waals surface area contributed by atoms with Gasteiger partial charge in [0.25, 0.3) is 0 Å². The molecule has 0 aliphatic rings. The normalized spacial score (nSPS) is 11.6. The Labute approximate surface area is 54.6 Å². The maximum Gasteiger partial charge on any atom is 0.387 e. The second-order valence-corrected chi connectivity index (χ2v) is 1.47. The highest BCUT2D eigenvalue weighted by Gasteiger charge is 2.03. The van der Waals surface area contributed by atoms with Gasteiger partial charge < -0.3 is 5.11 Å². The van der Waals surface area contributed by atoms with Gasteiger partial charge in [0, 0.05) is 6.42 Å². The molecule has 0 saturated carbocycles. The van der Waals surface area contributed by atoms with Gasteiger partial charge in [-0.15, -0.1) is 0 Å². The molecular formula is C6H7N2O+. The molecule has 0 aromatic rings. The van der Waals surface area contributed by atoms with E-state index >= 15 is 0 Å². The molecule has 0 saturated heterocycles. The Kier molecular flexibility index (Phi) is 3.45. The number of nitrogens with zero attached hydrogens (tertiary/aromatic N) is 2. The van der Waals surface area contributed by atoms with Gasteiger partial charge in [0.05, 0.1) is 0 Å². The minimum atomic E-state index is -0.169. The molecule has 3 nitrogen and oxygen atoms in total. The van der Waals surface area contributed by atoms with E-state index in [4.69, 9.17) is 10.5 Å². The van der Waals surface area contributed by atoms with Crippen LogP contribution in [-0.4, -0.2) is 5.11 Å². The first-order valence-electron chi connectivity index (χ1n) is 2.25. The fourth-order valence-electron chi connectivity index (χ4n) is 0.306. The number of hydrogen-bond donors (Lipinski definition) is 1. The Morgan fingerprint density at radius 2 is 2.11 bits per heavy atom. The highest BCUT2D eigenvalue weighted by Crippen LogP contribution is 2.06. The molecule has 0 amide bonds. The average molecular weight is 123 g/mol. The van der Waals surface area contributed by atoms with Crippen LogP contribution in [0.15, 0.2) is 12.0 Å². The second-order valence-electron chi connectivity index (χ2n) is 1.47. The molecule has 3 heteroatoms. The predicted molar refractivity (Wildman–Crippen MR) is 34.1 cm³/mol. The van der Waals surface area contributed by atoms with Gasteiger partial charge in [0.15, 0.2) is 10.7 Å². The molecule has 0 heterocycles. The van der Waals surface area contributed by atoms with Crippen LogP contribution in [0.25, 0.3) is 4.98 Å². The topological polar surface area (TPSA) is 48.4 Å². The number of rotatable bonds is 2. The largest absolute Gasteiger partial charge is 0.505 e. The molecule has 0 rings (SSSR count). The summed E-state index contributed by atoms with van der Waals surface area (Å²) in [5.74, 6) is 0.282.